The number of esters is 1. The molecule has 8 nitrogen and oxygen atoms in total. The Labute approximate surface area is 133 Å². The van der Waals surface area contributed by atoms with Gasteiger partial charge in [-0.2, -0.15) is 0 Å². The molecule has 0 saturated heterocycles. The lowest BCUT2D eigenvalue weighted by molar-refractivity contribution is -0.148. The maximum Gasteiger partial charge on any atom is 0.328 e. The molecule has 0 saturated carbocycles. The Hall–Kier alpha value is -2.77. The molecule has 2 rings (SSSR count). The van der Waals surface area contributed by atoms with Crippen molar-refractivity contribution in [1.82, 2.24) is 20.2 Å². The number of nitrogens with zero attached hydrogens (tertiary/aromatic N) is 4. The van der Waals surface area contributed by atoms with Crippen molar-refractivity contribution in [3.05, 3.63) is 36.2 Å². The fraction of sp³-hybridized carbons (Fsp3) is 0.400. The first kappa shape index (κ1) is 16.6. The number of anilines is 1. The summed E-state index contributed by atoms with van der Waals surface area (Å²) in [7, 11) is 0. The molecule has 0 radical (unpaired) electrons. The zero-order chi connectivity index (χ0) is 16.7. The first-order valence-corrected chi connectivity index (χ1v) is 7.34. The van der Waals surface area contributed by atoms with Gasteiger partial charge in [0, 0.05) is 5.69 Å². The van der Waals surface area contributed by atoms with Gasteiger partial charge in [-0.3, -0.25) is 9.59 Å². The molecule has 1 aromatic carbocycles. The van der Waals surface area contributed by atoms with Gasteiger partial charge in [-0.15, -0.1) is 5.10 Å². The average Bonchev–Trinajstić information content (AvgIpc) is 3.06. The zero-order valence-corrected chi connectivity index (χ0v) is 13.1. The second-order valence-electron chi connectivity index (χ2n) is 5.15. The van der Waals surface area contributed by atoms with Gasteiger partial charge in [0.2, 0.25) is 0 Å². The van der Waals surface area contributed by atoms with Crippen molar-refractivity contribution in [2.24, 2.45) is 0 Å². The van der Waals surface area contributed by atoms with E-state index in [4.69, 9.17) is 4.74 Å². The maximum atomic E-state index is 11.8. The molecule has 0 aliphatic rings. The van der Waals surface area contributed by atoms with Crippen LogP contribution < -0.4 is 5.32 Å². The van der Waals surface area contributed by atoms with Crippen molar-refractivity contribution in [3.63, 3.8) is 0 Å². The van der Waals surface area contributed by atoms with E-state index in [1.54, 1.807) is 0 Å². The number of amides is 1. The third kappa shape index (κ3) is 5.17. The van der Waals surface area contributed by atoms with Gasteiger partial charge in [-0.1, -0.05) is 26.0 Å². The van der Waals surface area contributed by atoms with Gasteiger partial charge in [-0.25, -0.2) is 4.68 Å². The topological polar surface area (TPSA) is 99.0 Å². The molecule has 0 aliphatic heterocycles. The minimum Gasteiger partial charge on any atom is -0.454 e. The molecule has 2 aromatic rings. The number of aromatic nitrogens is 4. The number of carbonyl (C=O) groups excluding carboxylic acids is 2. The van der Waals surface area contributed by atoms with E-state index in [0.29, 0.717) is 11.6 Å². The molecule has 0 fully saturated rings. The average molecular weight is 317 g/mol. The van der Waals surface area contributed by atoms with Crippen molar-refractivity contribution >= 4 is 17.6 Å². The van der Waals surface area contributed by atoms with Gasteiger partial charge in [0.1, 0.15) is 12.9 Å². The number of rotatable bonds is 7. The number of hydrogen-bond donors (Lipinski definition) is 1. The second-order valence-corrected chi connectivity index (χ2v) is 5.15. The summed E-state index contributed by atoms with van der Waals surface area (Å²) in [6, 6.07) is 7.63. The van der Waals surface area contributed by atoms with Crippen LogP contribution >= 0.6 is 0 Å². The van der Waals surface area contributed by atoms with Gasteiger partial charge in [0.05, 0.1) is 0 Å². The number of nitrogens with one attached hydrogen (secondary N) is 1. The number of tetrazole rings is 1. The normalized spacial score (nSPS) is 11.7. The first-order chi connectivity index (χ1) is 11.1. The summed E-state index contributed by atoms with van der Waals surface area (Å²) in [4.78, 5) is 23.3. The Morgan fingerprint density at radius 3 is 2.65 bits per heavy atom. The Balaban J connectivity index is 1.77. The van der Waals surface area contributed by atoms with Crippen LogP contribution in [0.5, 0.6) is 0 Å². The van der Waals surface area contributed by atoms with Gasteiger partial charge >= 0.3 is 5.97 Å². The van der Waals surface area contributed by atoms with Crippen LogP contribution in [0.15, 0.2) is 30.6 Å². The fourth-order valence-corrected chi connectivity index (χ4v) is 1.90. The first-order valence-electron chi connectivity index (χ1n) is 7.34. The van der Waals surface area contributed by atoms with E-state index in [-0.39, 0.29) is 13.2 Å². The summed E-state index contributed by atoms with van der Waals surface area (Å²) < 4.78 is 6.08. The third-order valence-electron chi connectivity index (χ3n) is 3.42. The van der Waals surface area contributed by atoms with E-state index < -0.39 is 11.9 Å². The molecule has 23 heavy (non-hydrogen) atoms. The quantitative estimate of drug-likeness (QED) is 0.774. The summed E-state index contributed by atoms with van der Waals surface area (Å²) in [5, 5.41) is 13.0. The molecule has 1 aromatic heterocycles. The van der Waals surface area contributed by atoms with E-state index in [1.807, 2.05) is 24.3 Å². The monoisotopic (exact) mass is 317 g/mol. The van der Waals surface area contributed by atoms with Crippen LogP contribution in [0.25, 0.3) is 0 Å². The molecule has 1 amide bonds. The van der Waals surface area contributed by atoms with E-state index in [0.717, 1.165) is 6.42 Å². The van der Waals surface area contributed by atoms with Gasteiger partial charge in [0.25, 0.3) is 5.91 Å². The fourth-order valence-electron chi connectivity index (χ4n) is 1.90. The highest BCUT2D eigenvalue weighted by Crippen LogP contribution is 2.20. The van der Waals surface area contributed by atoms with Crippen molar-refractivity contribution in [2.75, 3.05) is 11.9 Å². The number of hydrogen-bond acceptors (Lipinski definition) is 6. The zero-order valence-electron chi connectivity index (χ0n) is 13.1. The summed E-state index contributed by atoms with van der Waals surface area (Å²) >= 11 is 0. The predicted molar refractivity (Wildman–Crippen MR) is 82.6 cm³/mol. The molecule has 0 spiro atoms. The van der Waals surface area contributed by atoms with E-state index in [1.165, 1.54) is 16.6 Å². The van der Waals surface area contributed by atoms with Crippen LogP contribution in [-0.4, -0.2) is 38.7 Å². The predicted octanol–water partition coefficient (Wildman–Crippen LogP) is 1.37. The molecular weight excluding hydrogens is 298 g/mol. The van der Waals surface area contributed by atoms with E-state index >= 15 is 0 Å². The molecule has 1 atom stereocenters. The SMILES string of the molecule is CC[C@H](C)c1ccc(NC(=O)COC(=O)Cn2cnnn2)cc1. The molecule has 1 N–H and O–H groups in total. The van der Waals surface area contributed by atoms with Gasteiger partial charge < -0.3 is 10.1 Å². The van der Waals surface area contributed by atoms with Crippen LogP contribution in [0.4, 0.5) is 5.69 Å². The summed E-state index contributed by atoms with van der Waals surface area (Å²) in [5.74, 6) is -0.502. The van der Waals surface area contributed by atoms with E-state index in [9.17, 15) is 9.59 Å². The maximum absolute atomic E-state index is 11.8. The Bertz CT molecular complexity index is 640. The standard InChI is InChI=1S/C15H19N5O3/c1-3-11(2)12-4-6-13(7-5-12)17-14(21)9-23-15(22)8-20-10-16-18-19-20/h4-7,10-11H,3,8-9H2,1-2H3,(H,17,21)/t11-/m0/s1. The van der Waals surface area contributed by atoms with Crippen molar-refractivity contribution < 1.29 is 14.3 Å². The minimum atomic E-state index is -0.584. The summed E-state index contributed by atoms with van der Waals surface area (Å²) in [6.07, 6.45) is 2.35. The molecule has 0 bridgehead atoms. The van der Waals surface area contributed by atoms with Gasteiger partial charge in [-0.05, 0) is 40.5 Å². The van der Waals surface area contributed by atoms with Crippen LogP contribution in [0.3, 0.4) is 0 Å². The van der Waals surface area contributed by atoms with Crippen LogP contribution in [0, 0.1) is 0 Å². The second kappa shape index (κ2) is 8.02. The lowest BCUT2D eigenvalue weighted by atomic mass is 9.99. The summed E-state index contributed by atoms with van der Waals surface area (Å²) in [6.45, 7) is 3.79. The van der Waals surface area contributed by atoms with E-state index in [2.05, 4.69) is 34.7 Å². The molecule has 1 heterocycles. The lowest BCUT2D eigenvalue weighted by Crippen LogP contribution is -2.23. The largest absolute Gasteiger partial charge is 0.454 e. The minimum absolute atomic E-state index is 0.135. The Morgan fingerprint density at radius 2 is 2.04 bits per heavy atom. The molecular formula is C15H19N5O3. The Kier molecular flexibility index (Phi) is 5.79. The van der Waals surface area contributed by atoms with Crippen LogP contribution in [-0.2, 0) is 20.9 Å². The summed E-state index contributed by atoms with van der Waals surface area (Å²) in [5.41, 5.74) is 1.89. The molecule has 0 unspecified atom stereocenters. The van der Waals surface area contributed by atoms with Crippen molar-refractivity contribution in [2.45, 2.75) is 32.7 Å². The lowest BCUT2D eigenvalue weighted by Gasteiger charge is -2.10. The number of carbonyl (C=O) groups is 2. The van der Waals surface area contributed by atoms with Crippen LogP contribution in [0.1, 0.15) is 31.7 Å². The molecule has 8 heteroatoms. The number of benzene rings is 1. The number of ether oxygens (including phenoxy) is 1. The molecule has 122 valence electrons. The van der Waals surface area contributed by atoms with Gasteiger partial charge in [0.15, 0.2) is 6.61 Å². The van der Waals surface area contributed by atoms with Crippen molar-refractivity contribution in [1.29, 1.82) is 0 Å². The third-order valence-corrected chi connectivity index (χ3v) is 3.42. The smallest absolute Gasteiger partial charge is 0.328 e. The van der Waals surface area contributed by atoms with Crippen LogP contribution in [0.2, 0.25) is 0 Å². The van der Waals surface area contributed by atoms with Crippen molar-refractivity contribution in [3.8, 4) is 0 Å². The Morgan fingerprint density at radius 1 is 1.30 bits per heavy atom. The molecule has 0 aliphatic carbocycles. The highest BCUT2D eigenvalue weighted by molar-refractivity contribution is 5.92. The highest BCUT2D eigenvalue weighted by atomic mass is 16.5. The highest BCUT2D eigenvalue weighted by Gasteiger charge is 2.10.